The van der Waals surface area contributed by atoms with E-state index in [0.717, 1.165) is 16.4 Å². The van der Waals surface area contributed by atoms with Gasteiger partial charge >= 0.3 is 11.7 Å². The van der Waals surface area contributed by atoms with Crippen LogP contribution in [0.25, 0.3) is 5.69 Å². The third-order valence-electron chi connectivity index (χ3n) is 2.87. The van der Waals surface area contributed by atoms with E-state index in [9.17, 15) is 26.3 Å². The summed E-state index contributed by atoms with van der Waals surface area (Å²) in [5.74, 6) is 0. The molecule has 0 spiro atoms. The highest BCUT2D eigenvalue weighted by atomic mass is 35.5. The van der Waals surface area contributed by atoms with Gasteiger partial charge in [0.25, 0.3) is 0 Å². The van der Waals surface area contributed by atoms with Crippen molar-refractivity contribution in [1.82, 2.24) is 9.78 Å². The van der Waals surface area contributed by atoms with Gasteiger partial charge in [0.2, 0.25) is 0 Å². The molecule has 0 bridgehead atoms. The molecule has 0 aliphatic rings. The molecule has 2 rings (SSSR count). The van der Waals surface area contributed by atoms with Gasteiger partial charge in [-0.25, -0.2) is 4.68 Å². The molecule has 0 atom stereocenters. The van der Waals surface area contributed by atoms with Crippen LogP contribution in [0, 0.1) is 11.3 Å². The Bertz CT molecular complexity index is 863. The standard InChI is InChI=1S/C13H5Cl2F6N3S2/c1-25-11-10(26-13(19,20)21)8(4-22)23-24(11)9-6(14)2-5(3-7(9)15)12(16,17)18/h2-3H,1H3. The maximum atomic E-state index is 12.8. The number of alkyl halides is 6. The smallest absolute Gasteiger partial charge is 0.222 e. The van der Waals surface area contributed by atoms with Crippen molar-refractivity contribution in [3.63, 3.8) is 0 Å². The molecule has 0 saturated heterocycles. The molecule has 0 unspecified atom stereocenters. The minimum absolute atomic E-state index is 0.132. The molecule has 0 aliphatic heterocycles. The van der Waals surface area contributed by atoms with Crippen LogP contribution in [0.2, 0.25) is 10.0 Å². The van der Waals surface area contributed by atoms with Gasteiger partial charge < -0.3 is 0 Å². The van der Waals surface area contributed by atoms with Crippen molar-refractivity contribution in [3.8, 4) is 11.8 Å². The number of hydrogen-bond donors (Lipinski definition) is 0. The maximum absolute atomic E-state index is 12.8. The fourth-order valence-corrected chi connectivity index (χ4v) is 4.13. The highest BCUT2D eigenvalue weighted by molar-refractivity contribution is 8.02. The summed E-state index contributed by atoms with van der Waals surface area (Å²) >= 11 is 12.0. The number of halogens is 8. The SMILES string of the molecule is CSc1c(SC(F)(F)F)c(C#N)nn1-c1c(Cl)cc(C(F)(F)F)cc1Cl. The monoisotopic (exact) mass is 451 g/mol. The van der Waals surface area contributed by atoms with Gasteiger partial charge in [-0.3, -0.25) is 0 Å². The van der Waals surface area contributed by atoms with Crippen LogP contribution in [-0.2, 0) is 6.18 Å². The Morgan fingerprint density at radius 1 is 1.12 bits per heavy atom. The van der Waals surface area contributed by atoms with Gasteiger partial charge in [0.1, 0.15) is 16.8 Å². The van der Waals surface area contributed by atoms with Gasteiger partial charge in [-0.05, 0) is 30.2 Å². The quantitative estimate of drug-likeness (QED) is 0.399. The Labute approximate surface area is 161 Å². The van der Waals surface area contributed by atoms with Crippen molar-refractivity contribution >= 4 is 46.7 Å². The summed E-state index contributed by atoms with van der Waals surface area (Å²) in [7, 11) is 0. The Balaban J connectivity index is 2.72. The molecule has 0 fully saturated rings. The number of aromatic nitrogens is 2. The van der Waals surface area contributed by atoms with Crippen molar-refractivity contribution in [2.45, 2.75) is 21.6 Å². The Morgan fingerprint density at radius 2 is 1.65 bits per heavy atom. The first-order chi connectivity index (χ1) is 11.9. The number of benzene rings is 1. The van der Waals surface area contributed by atoms with Gasteiger partial charge in [0.15, 0.2) is 5.69 Å². The minimum Gasteiger partial charge on any atom is -0.222 e. The summed E-state index contributed by atoms with van der Waals surface area (Å²) in [6.07, 6.45) is -3.30. The second-order valence-corrected chi connectivity index (χ2v) is 7.23. The first kappa shape index (κ1) is 21.1. The number of nitrogens with zero attached hydrogens (tertiary/aromatic N) is 3. The van der Waals surface area contributed by atoms with Gasteiger partial charge in [-0.1, -0.05) is 23.2 Å². The van der Waals surface area contributed by atoms with Crippen molar-refractivity contribution in [2.75, 3.05) is 6.26 Å². The third-order valence-corrected chi connectivity index (χ3v) is 5.17. The Hall–Kier alpha value is -1.22. The number of nitriles is 1. The number of rotatable bonds is 3. The molecule has 2 aromatic rings. The summed E-state index contributed by atoms with van der Waals surface area (Å²) in [5.41, 5.74) is -6.63. The molecular formula is C13H5Cl2F6N3S2. The van der Waals surface area contributed by atoms with Crippen LogP contribution in [0.1, 0.15) is 11.3 Å². The normalized spacial score (nSPS) is 12.3. The molecule has 0 aliphatic carbocycles. The second kappa shape index (κ2) is 7.42. The number of hydrogen-bond acceptors (Lipinski definition) is 4. The third kappa shape index (κ3) is 4.36. The topological polar surface area (TPSA) is 41.6 Å². The van der Waals surface area contributed by atoms with Gasteiger partial charge in [-0.2, -0.15) is 36.7 Å². The lowest BCUT2D eigenvalue weighted by Gasteiger charge is -2.14. The van der Waals surface area contributed by atoms with Gasteiger partial charge in [0.05, 0.1) is 20.5 Å². The van der Waals surface area contributed by atoms with E-state index in [0.29, 0.717) is 12.1 Å². The Morgan fingerprint density at radius 3 is 2.04 bits per heavy atom. The minimum atomic E-state index is -4.71. The average molecular weight is 452 g/mol. The maximum Gasteiger partial charge on any atom is 0.446 e. The predicted octanol–water partition coefficient (Wildman–Crippen LogP) is 6.40. The van der Waals surface area contributed by atoms with Crippen molar-refractivity contribution in [2.24, 2.45) is 0 Å². The molecule has 1 heterocycles. The van der Waals surface area contributed by atoms with Crippen LogP contribution >= 0.6 is 46.7 Å². The summed E-state index contributed by atoms with van der Waals surface area (Å²) in [4.78, 5) is -0.487. The molecule has 26 heavy (non-hydrogen) atoms. The van der Waals surface area contributed by atoms with E-state index in [1.807, 2.05) is 0 Å². The zero-order valence-electron chi connectivity index (χ0n) is 12.3. The second-order valence-electron chi connectivity index (χ2n) is 4.54. The molecule has 0 radical (unpaired) electrons. The van der Waals surface area contributed by atoms with E-state index in [1.54, 1.807) is 0 Å². The van der Waals surface area contributed by atoms with Crippen LogP contribution in [0.3, 0.4) is 0 Å². The van der Waals surface area contributed by atoms with E-state index in [2.05, 4.69) is 5.10 Å². The molecule has 0 saturated carbocycles. The molecule has 13 heteroatoms. The van der Waals surface area contributed by atoms with Crippen molar-refractivity contribution in [3.05, 3.63) is 33.4 Å². The summed E-state index contributed by atoms with van der Waals surface area (Å²) in [6, 6.07) is 2.69. The summed E-state index contributed by atoms with van der Waals surface area (Å²) in [5, 5.41) is 11.7. The molecule has 1 aromatic carbocycles. The van der Waals surface area contributed by atoms with Crippen LogP contribution in [0.15, 0.2) is 22.1 Å². The molecule has 1 aromatic heterocycles. The molecule has 3 nitrogen and oxygen atoms in total. The lowest BCUT2D eigenvalue weighted by molar-refractivity contribution is -0.137. The van der Waals surface area contributed by atoms with E-state index >= 15 is 0 Å². The van der Waals surface area contributed by atoms with E-state index in [1.165, 1.54) is 12.3 Å². The van der Waals surface area contributed by atoms with Crippen LogP contribution in [-0.4, -0.2) is 21.5 Å². The molecular weight excluding hydrogens is 447 g/mol. The van der Waals surface area contributed by atoms with E-state index in [4.69, 9.17) is 28.5 Å². The van der Waals surface area contributed by atoms with Gasteiger partial charge in [-0.15, -0.1) is 11.8 Å². The van der Waals surface area contributed by atoms with E-state index < -0.39 is 49.6 Å². The van der Waals surface area contributed by atoms with Gasteiger partial charge in [0, 0.05) is 0 Å². The highest BCUT2D eigenvalue weighted by Crippen LogP contribution is 2.45. The molecule has 0 amide bonds. The predicted molar refractivity (Wildman–Crippen MR) is 87.0 cm³/mol. The summed E-state index contributed by atoms with van der Waals surface area (Å²) in [6.45, 7) is 0. The lowest BCUT2D eigenvalue weighted by Crippen LogP contribution is -2.07. The Kier molecular flexibility index (Phi) is 6.02. The van der Waals surface area contributed by atoms with Crippen LogP contribution in [0.4, 0.5) is 26.3 Å². The van der Waals surface area contributed by atoms with Crippen molar-refractivity contribution in [1.29, 1.82) is 5.26 Å². The van der Waals surface area contributed by atoms with Crippen LogP contribution in [0.5, 0.6) is 0 Å². The van der Waals surface area contributed by atoms with Crippen molar-refractivity contribution < 1.29 is 26.3 Å². The fourth-order valence-electron chi connectivity index (χ4n) is 1.93. The number of thioether (sulfide) groups is 2. The highest BCUT2D eigenvalue weighted by Gasteiger charge is 2.36. The lowest BCUT2D eigenvalue weighted by atomic mass is 10.2. The largest absolute Gasteiger partial charge is 0.446 e. The summed E-state index contributed by atoms with van der Waals surface area (Å²) < 4.78 is 77.6. The molecule has 0 N–H and O–H groups in total. The zero-order valence-corrected chi connectivity index (χ0v) is 15.5. The molecule has 140 valence electrons. The first-order valence-corrected chi connectivity index (χ1v) is 9.08. The first-order valence-electron chi connectivity index (χ1n) is 6.28. The average Bonchev–Trinajstić information content (AvgIpc) is 2.81. The zero-order chi connectivity index (χ0) is 19.9. The van der Waals surface area contributed by atoms with E-state index in [-0.39, 0.29) is 10.7 Å². The van der Waals surface area contributed by atoms with Crippen LogP contribution < -0.4 is 0 Å². The fraction of sp³-hybridized carbons (Fsp3) is 0.231.